The Morgan fingerprint density at radius 2 is 1.98 bits per heavy atom. The molecule has 41 heavy (non-hydrogen) atoms. The molecule has 0 saturated heterocycles. The summed E-state index contributed by atoms with van der Waals surface area (Å²) in [4.78, 5) is 27.0. The predicted octanol–water partition coefficient (Wildman–Crippen LogP) is 5.01. The number of amides is 1. The molecule has 3 heterocycles. The summed E-state index contributed by atoms with van der Waals surface area (Å²) in [6.45, 7) is 2.54. The fourth-order valence-corrected chi connectivity index (χ4v) is 4.83. The number of hydrogen-bond acceptors (Lipinski definition) is 6. The van der Waals surface area contributed by atoms with Crippen molar-refractivity contribution >= 4 is 29.0 Å². The van der Waals surface area contributed by atoms with Crippen LogP contribution in [-0.4, -0.2) is 46.9 Å². The maximum Gasteiger partial charge on any atom is 0.395 e. The van der Waals surface area contributed by atoms with Crippen LogP contribution >= 0.6 is 11.6 Å². The van der Waals surface area contributed by atoms with Crippen LogP contribution in [0.25, 0.3) is 11.1 Å². The lowest BCUT2D eigenvalue weighted by Gasteiger charge is -2.28. The van der Waals surface area contributed by atoms with E-state index < -0.39 is 42.3 Å². The lowest BCUT2D eigenvalue weighted by atomic mass is 9.91. The first-order valence-electron chi connectivity index (χ1n) is 12.7. The molecule has 3 N–H and O–H groups in total. The van der Waals surface area contributed by atoms with E-state index in [9.17, 15) is 22.8 Å². The molecule has 0 bridgehead atoms. The molecule has 0 fully saturated rings. The maximum atomic E-state index is 13.8. The van der Waals surface area contributed by atoms with Gasteiger partial charge in [0.2, 0.25) is 5.91 Å². The van der Waals surface area contributed by atoms with Gasteiger partial charge >= 0.3 is 6.18 Å². The monoisotopic (exact) mass is 591 g/mol. The summed E-state index contributed by atoms with van der Waals surface area (Å²) in [6.07, 6.45) is -2.59. The van der Waals surface area contributed by atoms with Crippen LogP contribution in [0.4, 0.5) is 18.9 Å². The lowest BCUT2D eigenvalue weighted by Crippen LogP contribution is -2.36. The minimum absolute atomic E-state index is 0.000548. The van der Waals surface area contributed by atoms with Gasteiger partial charge in [0, 0.05) is 48.1 Å². The highest BCUT2D eigenvalue weighted by atomic mass is 35.5. The van der Waals surface area contributed by atoms with Crippen LogP contribution in [-0.2, 0) is 16.0 Å². The quantitative estimate of drug-likeness (QED) is 0.275. The fourth-order valence-electron chi connectivity index (χ4n) is 4.65. The number of nitrogens with zero attached hydrogens (tertiary/aromatic N) is 2. The minimum atomic E-state index is -4.53. The minimum Gasteiger partial charge on any atom is -0.491 e. The molecular formula is C28H29ClF3N5O4. The van der Waals surface area contributed by atoms with Crippen LogP contribution < -0.4 is 21.1 Å². The summed E-state index contributed by atoms with van der Waals surface area (Å²) >= 11 is 6.18. The van der Waals surface area contributed by atoms with Crippen LogP contribution in [0.1, 0.15) is 31.9 Å². The highest BCUT2D eigenvalue weighted by Gasteiger charge is 2.41. The van der Waals surface area contributed by atoms with Crippen molar-refractivity contribution in [3.05, 3.63) is 75.2 Å². The lowest BCUT2D eigenvalue weighted by molar-refractivity contribution is -0.181. The largest absolute Gasteiger partial charge is 0.491 e. The predicted molar refractivity (Wildman–Crippen MR) is 148 cm³/mol. The van der Waals surface area contributed by atoms with E-state index in [4.69, 9.17) is 31.9 Å². The van der Waals surface area contributed by atoms with Crippen LogP contribution in [0.2, 0.25) is 5.02 Å². The number of aromatic nitrogens is 2. The highest BCUT2D eigenvalue weighted by molar-refractivity contribution is 6.30. The Bertz CT molecular complexity index is 1600. The average molecular weight is 592 g/mol. The summed E-state index contributed by atoms with van der Waals surface area (Å²) in [5, 5.41) is 18.8. The van der Waals surface area contributed by atoms with Gasteiger partial charge in [0.1, 0.15) is 29.7 Å². The second kappa shape index (κ2) is 11.9. The van der Waals surface area contributed by atoms with Gasteiger partial charge in [-0.3, -0.25) is 29.5 Å². The van der Waals surface area contributed by atoms with Crippen molar-refractivity contribution < 1.29 is 27.4 Å². The van der Waals surface area contributed by atoms with Crippen LogP contribution in [0.15, 0.2) is 53.6 Å². The molecule has 3 aromatic rings. The zero-order valence-corrected chi connectivity index (χ0v) is 23.3. The van der Waals surface area contributed by atoms with Gasteiger partial charge in [-0.1, -0.05) is 17.7 Å². The molecule has 3 unspecified atom stereocenters. The molecule has 1 aliphatic rings. The Morgan fingerprint density at radius 1 is 1.24 bits per heavy atom. The van der Waals surface area contributed by atoms with Gasteiger partial charge in [0.15, 0.2) is 0 Å². The number of methoxy groups -OCH3 is 1. The molecule has 4 rings (SSSR count). The number of pyridine rings is 2. The van der Waals surface area contributed by atoms with Gasteiger partial charge in [0.05, 0.1) is 18.2 Å². The van der Waals surface area contributed by atoms with Crippen molar-refractivity contribution in [2.24, 2.45) is 5.92 Å². The zero-order chi connectivity index (χ0) is 30.1. The summed E-state index contributed by atoms with van der Waals surface area (Å²) in [5.74, 6) is -2.29. The van der Waals surface area contributed by atoms with E-state index in [2.05, 4.69) is 5.32 Å². The summed E-state index contributed by atoms with van der Waals surface area (Å²) < 4.78 is 54.9. The number of fused-ring (bicyclic) bond motifs is 3. The standard InChI is InChI=1S/C28H29ClF3N5O4/c1-15(40-3)8-23(27(39)35-20-6-7-36(16(2)33)25(34)11-20)37-13-24-22(12-26(37)38)21-10-19(29)5-4-17(21)9-18(14-41-24)28(30,31)32/h4-7,10-13,15,18,23,33-34H,8-9,14H2,1-3H3,(H,35,39). The third-order valence-electron chi connectivity index (χ3n) is 6.96. The van der Waals surface area contributed by atoms with Gasteiger partial charge in [-0.05, 0) is 49.6 Å². The molecule has 3 atom stereocenters. The van der Waals surface area contributed by atoms with Crippen LogP contribution in [0.5, 0.6) is 5.75 Å². The number of ether oxygens (including phenoxy) is 2. The number of rotatable bonds is 6. The fraction of sp³-hybridized carbons (Fsp3) is 0.357. The van der Waals surface area contributed by atoms with E-state index in [0.717, 1.165) is 4.57 Å². The second-order valence-corrected chi connectivity index (χ2v) is 10.3. The number of carbonyl (C=O) groups is 1. The molecule has 0 spiro atoms. The molecule has 0 aliphatic carbocycles. The number of halogens is 4. The van der Waals surface area contributed by atoms with Gasteiger partial charge in [0.25, 0.3) is 5.56 Å². The summed E-state index contributed by atoms with van der Waals surface area (Å²) in [7, 11) is 1.45. The topological polar surface area (TPSA) is 122 Å². The number of alkyl halides is 3. The Morgan fingerprint density at radius 3 is 2.61 bits per heavy atom. The molecule has 218 valence electrons. The molecule has 2 aromatic heterocycles. The first-order chi connectivity index (χ1) is 19.3. The highest BCUT2D eigenvalue weighted by Crippen LogP contribution is 2.40. The van der Waals surface area contributed by atoms with Crippen molar-refractivity contribution in [2.75, 3.05) is 19.0 Å². The van der Waals surface area contributed by atoms with Crippen molar-refractivity contribution in [1.29, 1.82) is 10.8 Å². The summed E-state index contributed by atoms with van der Waals surface area (Å²) in [6, 6.07) is 7.47. The Balaban J connectivity index is 1.79. The second-order valence-electron chi connectivity index (χ2n) is 9.90. The van der Waals surface area contributed by atoms with Crippen molar-refractivity contribution in [1.82, 2.24) is 9.13 Å². The van der Waals surface area contributed by atoms with E-state index in [0.29, 0.717) is 11.1 Å². The molecule has 0 saturated carbocycles. The SMILES string of the molecule is COC(C)CC(C(=O)Nc1ccn(C(C)=N)c(=N)c1)n1cc2c(cc1=O)-c1cc(Cl)ccc1CC(C(F)(F)F)CO2. The Labute approximate surface area is 238 Å². The smallest absolute Gasteiger partial charge is 0.395 e. The molecule has 1 aromatic carbocycles. The Hall–Kier alpha value is -3.90. The number of nitrogens with one attached hydrogen (secondary N) is 3. The molecule has 0 radical (unpaired) electrons. The van der Waals surface area contributed by atoms with E-state index in [1.54, 1.807) is 6.92 Å². The van der Waals surface area contributed by atoms with Gasteiger partial charge < -0.3 is 14.8 Å². The van der Waals surface area contributed by atoms with E-state index in [1.807, 2.05) is 0 Å². The normalized spacial score (nSPS) is 16.3. The van der Waals surface area contributed by atoms with E-state index >= 15 is 0 Å². The number of carbonyl (C=O) groups excluding carboxylic acids is 1. The number of hydrogen-bond donors (Lipinski definition) is 3. The van der Waals surface area contributed by atoms with Crippen LogP contribution in [0, 0.1) is 16.7 Å². The third kappa shape index (κ3) is 6.71. The van der Waals surface area contributed by atoms with Crippen molar-refractivity contribution in [2.45, 2.75) is 45.0 Å². The first kappa shape index (κ1) is 30.1. The molecular weight excluding hydrogens is 563 g/mol. The molecule has 13 heteroatoms. The van der Waals surface area contributed by atoms with Crippen molar-refractivity contribution in [3.8, 4) is 16.9 Å². The van der Waals surface area contributed by atoms with Crippen molar-refractivity contribution in [3.63, 3.8) is 0 Å². The molecule has 1 amide bonds. The van der Waals surface area contributed by atoms with Crippen LogP contribution in [0.3, 0.4) is 0 Å². The van der Waals surface area contributed by atoms with E-state index in [-0.39, 0.29) is 46.2 Å². The Kier molecular flexibility index (Phi) is 8.74. The van der Waals surface area contributed by atoms with Gasteiger partial charge in [-0.25, -0.2) is 0 Å². The third-order valence-corrected chi connectivity index (χ3v) is 7.19. The molecule has 1 aliphatic heterocycles. The summed E-state index contributed by atoms with van der Waals surface area (Å²) in [5.41, 5.74) is 0.630. The van der Waals surface area contributed by atoms with E-state index in [1.165, 1.54) is 67.4 Å². The number of anilines is 1. The number of benzene rings is 1. The van der Waals surface area contributed by atoms with Gasteiger partial charge in [-0.15, -0.1) is 0 Å². The maximum absolute atomic E-state index is 13.8. The average Bonchev–Trinajstić information content (AvgIpc) is 2.88. The first-order valence-corrected chi connectivity index (χ1v) is 13.1. The zero-order valence-electron chi connectivity index (χ0n) is 22.5. The molecule has 9 nitrogen and oxygen atoms in total. The van der Waals surface area contributed by atoms with Gasteiger partial charge in [-0.2, -0.15) is 13.2 Å².